The van der Waals surface area contributed by atoms with Gasteiger partial charge in [-0.3, -0.25) is 14.7 Å². The molecule has 0 unspecified atom stereocenters. The third-order valence-electron chi connectivity index (χ3n) is 4.76. The first kappa shape index (κ1) is 21.0. The summed E-state index contributed by atoms with van der Waals surface area (Å²) in [5, 5.41) is 3.43. The lowest BCUT2D eigenvalue weighted by Crippen LogP contribution is -2.50. The second-order valence-corrected chi connectivity index (χ2v) is 6.75. The number of aliphatic imine (C=N–C) groups is 1. The number of guanidine groups is 1. The maximum Gasteiger partial charge on any atom is 0.219 e. The van der Waals surface area contributed by atoms with Gasteiger partial charge in [-0.15, -0.1) is 0 Å². The molecule has 2 rings (SSSR count). The molecule has 1 aliphatic heterocycles. The molecule has 0 saturated carbocycles. The minimum absolute atomic E-state index is 0.170. The fraction of sp³-hybridized carbons (Fsp3) is 0.600. The van der Waals surface area contributed by atoms with Gasteiger partial charge < -0.3 is 19.9 Å². The highest BCUT2D eigenvalue weighted by Gasteiger charge is 2.18. The van der Waals surface area contributed by atoms with E-state index in [1.807, 2.05) is 38.1 Å². The number of carbonyl (C=O) groups is 1. The SMILES string of the molecule is CCOc1ccc(CN(C)C(=NC)NCCN2CCN(C(C)=O)CC2)cc1. The van der Waals surface area contributed by atoms with Crippen LogP contribution in [0.1, 0.15) is 19.4 Å². The molecule has 27 heavy (non-hydrogen) atoms. The number of piperazine rings is 1. The third kappa shape index (κ3) is 6.75. The van der Waals surface area contributed by atoms with Crippen molar-refractivity contribution in [3.63, 3.8) is 0 Å². The van der Waals surface area contributed by atoms with Crippen molar-refractivity contribution in [2.45, 2.75) is 20.4 Å². The summed E-state index contributed by atoms with van der Waals surface area (Å²) in [7, 11) is 3.85. The average molecular weight is 376 g/mol. The van der Waals surface area contributed by atoms with Gasteiger partial charge in [0.1, 0.15) is 5.75 Å². The molecule has 1 aromatic carbocycles. The number of nitrogens with zero attached hydrogens (tertiary/aromatic N) is 4. The van der Waals surface area contributed by atoms with E-state index < -0.39 is 0 Å². The summed E-state index contributed by atoms with van der Waals surface area (Å²) in [6.45, 7) is 10.4. The maximum atomic E-state index is 11.4. The van der Waals surface area contributed by atoms with E-state index in [0.717, 1.165) is 57.5 Å². The van der Waals surface area contributed by atoms with Crippen LogP contribution in [0.25, 0.3) is 0 Å². The highest BCUT2D eigenvalue weighted by molar-refractivity contribution is 5.79. The number of ether oxygens (including phenoxy) is 1. The van der Waals surface area contributed by atoms with Crippen molar-refractivity contribution in [3.8, 4) is 5.75 Å². The Bertz CT molecular complexity index is 609. The van der Waals surface area contributed by atoms with Crippen LogP contribution in [0.15, 0.2) is 29.3 Å². The van der Waals surface area contributed by atoms with Crippen LogP contribution in [0.5, 0.6) is 5.75 Å². The van der Waals surface area contributed by atoms with Crippen molar-refractivity contribution in [2.24, 2.45) is 4.99 Å². The van der Waals surface area contributed by atoms with Gasteiger partial charge in [0, 0.05) is 66.8 Å². The third-order valence-corrected chi connectivity index (χ3v) is 4.76. The summed E-state index contributed by atoms with van der Waals surface area (Å²) >= 11 is 0. The zero-order chi connectivity index (χ0) is 19.6. The highest BCUT2D eigenvalue weighted by Crippen LogP contribution is 2.13. The molecule has 1 fully saturated rings. The van der Waals surface area contributed by atoms with Gasteiger partial charge in [0.05, 0.1) is 6.61 Å². The lowest BCUT2D eigenvalue weighted by molar-refractivity contribution is -0.130. The van der Waals surface area contributed by atoms with Crippen LogP contribution in [0.3, 0.4) is 0 Å². The minimum Gasteiger partial charge on any atom is -0.494 e. The first-order valence-corrected chi connectivity index (χ1v) is 9.65. The number of benzene rings is 1. The molecule has 0 radical (unpaired) electrons. The molecule has 7 heteroatoms. The van der Waals surface area contributed by atoms with Crippen molar-refractivity contribution in [1.29, 1.82) is 0 Å². The quantitative estimate of drug-likeness (QED) is 0.574. The second kappa shape index (κ2) is 10.8. The monoisotopic (exact) mass is 375 g/mol. The Hall–Kier alpha value is -2.28. The molecule has 0 spiro atoms. The van der Waals surface area contributed by atoms with E-state index in [1.165, 1.54) is 5.56 Å². The van der Waals surface area contributed by atoms with Gasteiger partial charge in [-0.1, -0.05) is 12.1 Å². The number of hydrogen-bond donors (Lipinski definition) is 1. The number of hydrogen-bond acceptors (Lipinski definition) is 4. The Kier molecular flexibility index (Phi) is 8.39. The fourth-order valence-electron chi connectivity index (χ4n) is 3.20. The van der Waals surface area contributed by atoms with Crippen molar-refractivity contribution in [2.75, 3.05) is 60.0 Å². The molecule has 1 amide bonds. The summed E-state index contributed by atoms with van der Waals surface area (Å²) in [5.74, 6) is 1.95. The Morgan fingerprint density at radius 3 is 2.44 bits per heavy atom. The number of carbonyl (C=O) groups excluding carboxylic acids is 1. The number of nitrogens with one attached hydrogen (secondary N) is 1. The lowest BCUT2D eigenvalue weighted by atomic mass is 10.2. The molecule has 0 bridgehead atoms. The zero-order valence-electron chi connectivity index (χ0n) is 17.1. The van der Waals surface area contributed by atoms with E-state index in [9.17, 15) is 4.79 Å². The molecular formula is C20H33N5O2. The Morgan fingerprint density at radius 2 is 1.89 bits per heavy atom. The van der Waals surface area contributed by atoms with Gasteiger partial charge in [-0.25, -0.2) is 0 Å². The van der Waals surface area contributed by atoms with Crippen LogP contribution in [0.4, 0.5) is 0 Å². The second-order valence-electron chi connectivity index (χ2n) is 6.75. The molecule has 0 atom stereocenters. The van der Waals surface area contributed by atoms with Gasteiger partial charge in [0.2, 0.25) is 5.91 Å². The summed E-state index contributed by atoms with van der Waals surface area (Å²) in [5.41, 5.74) is 1.21. The summed E-state index contributed by atoms with van der Waals surface area (Å²) in [4.78, 5) is 22.2. The van der Waals surface area contributed by atoms with Crippen LogP contribution in [-0.4, -0.2) is 86.5 Å². The Morgan fingerprint density at radius 1 is 1.22 bits per heavy atom. The van der Waals surface area contributed by atoms with E-state index >= 15 is 0 Å². The van der Waals surface area contributed by atoms with E-state index in [2.05, 4.69) is 32.2 Å². The van der Waals surface area contributed by atoms with Gasteiger partial charge in [-0.2, -0.15) is 0 Å². The molecule has 150 valence electrons. The van der Waals surface area contributed by atoms with Crippen molar-refractivity contribution in [3.05, 3.63) is 29.8 Å². The van der Waals surface area contributed by atoms with Gasteiger partial charge >= 0.3 is 0 Å². The topological polar surface area (TPSA) is 60.4 Å². The summed E-state index contributed by atoms with van der Waals surface area (Å²) in [6.07, 6.45) is 0. The van der Waals surface area contributed by atoms with Crippen LogP contribution >= 0.6 is 0 Å². The first-order valence-electron chi connectivity index (χ1n) is 9.65. The predicted molar refractivity (Wildman–Crippen MR) is 109 cm³/mol. The number of amides is 1. The Labute approximate surface area is 163 Å². The van der Waals surface area contributed by atoms with Crippen molar-refractivity contribution in [1.82, 2.24) is 20.0 Å². The van der Waals surface area contributed by atoms with E-state index in [-0.39, 0.29) is 5.91 Å². The van der Waals surface area contributed by atoms with Gasteiger partial charge in [0.25, 0.3) is 0 Å². The highest BCUT2D eigenvalue weighted by atomic mass is 16.5. The van der Waals surface area contributed by atoms with E-state index in [1.54, 1.807) is 6.92 Å². The molecule has 1 aromatic rings. The van der Waals surface area contributed by atoms with E-state index in [0.29, 0.717) is 6.61 Å². The lowest BCUT2D eigenvalue weighted by Gasteiger charge is -2.34. The largest absolute Gasteiger partial charge is 0.494 e. The zero-order valence-corrected chi connectivity index (χ0v) is 17.1. The van der Waals surface area contributed by atoms with Crippen molar-refractivity contribution >= 4 is 11.9 Å². The molecule has 1 aliphatic rings. The normalized spacial score (nSPS) is 15.6. The molecule has 0 aliphatic carbocycles. The van der Waals surface area contributed by atoms with Crippen LogP contribution in [-0.2, 0) is 11.3 Å². The predicted octanol–water partition coefficient (Wildman–Crippen LogP) is 1.26. The fourth-order valence-corrected chi connectivity index (χ4v) is 3.20. The van der Waals surface area contributed by atoms with Crippen LogP contribution < -0.4 is 10.1 Å². The smallest absolute Gasteiger partial charge is 0.219 e. The first-order chi connectivity index (χ1) is 13.0. The standard InChI is InChI=1S/C20H33N5O2/c1-5-27-19-8-6-18(7-9-19)16-23(4)20(21-3)22-10-11-24-12-14-25(15-13-24)17(2)26/h6-9H,5,10-16H2,1-4H3,(H,21,22). The summed E-state index contributed by atoms with van der Waals surface area (Å²) in [6, 6.07) is 8.18. The molecule has 7 nitrogen and oxygen atoms in total. The van der Waals surface area contributed by atoms with E-state index in [4.69, 9.17) is 4.74 Å². The van der Waals surface area contributed by atoms with Crippen LogP contribution in [0, 0.1) is 0 Å². The Balaban J connectivity index is 1.73. The van der Waals surface area contributed by atoms with Gasteiger partial charge in [0.15, 0.2) is 5.96 Å². The summed E-state index contributed by atoms with van der Waals surface area (Å²) < 4.78 is 5.49. The molecule has 1 heterocycles. The van der Waals surface area contributed by atoms with Gasteiger partial charge in [-0.05, 0) is 24.6 Å². The number of rotatable bonds is 7. The van der Waals surface area contributed by atoms with Crippen molar-refractivity contribution < 1.29 is 9.53 Å². The van der Waals surface area contributed by atoms with Crippen LogP contribution in [0.2, 0.25) is 0 Å². The molecule has 1 saturated heterocycles. The average Bonchev–Trinajstić information content (AvgIpc) is 2.67. The maximum absolute atomic E-state index is 11.4. The minimum atomic E-state index is 0.170. The molecular weight excluding hydrogens is 342 g/mol. The molecule has 1 N–H and O–H groups in total. The molecule has 0 aromatic heterocycles.